The number of hydrogen-bond acceptors (Lipinski definition) is 4. The number of carbonyl (C=O) groups excluding carboxylic acids is 2. The van der Waals surface area contributed by atoms with E-state index in [-0.39, 0.29) is 18.4 Å². The molecule has 0 heterocycles. The van der Waals surface area contributed by atoms with Gasteiger partial charge in [-0.2, -0.15) is 0 Å². The van der Waals surface area contributed by atoms with E-state index < -0.39 is 6.10 Å². The number of esters is 2. The fraction of sp³-hybridized carbons (Fsp3) is 0.939. The Hall–Kier alpha value is -1.10. The van der Waals surface area contributed by atoms with Crippen LogP contribution in [0.1, 0.15) is 162 Å². The lowest BCUT2D eigenvalue weighted by Crippen LogP contribution is -2.44. The van der Waals surface area contributed by atoms with Gasteiger partial charge in [0.2, 0.25) is 0 Å². The smallest absolute Gasteiger partial charge is 0.309 e. The van der Waals surface area contributed by atoms with Crippen LogP contribution in [0.4, 0.5) is 0 Å². The van der Waals surface area contributed by atoms with Gasteiger partial charge in [0.15, 0.2) is 6.10 Å². The number of ether oxygens (including phenoxy) is 2. The van der Waals surface area contributed by atoms with E-state index in [0.717, 1.165) is 25.7 Å². The van der Waals surface area contributed by atoms with Gasteiger partial charge in [0, 0.05) is 6.42 Å². The second-order valence-corrected chi connectivity index (χ2v) is 12.5. The van der Waals surface area contributed by atoms with Gasteiger partial charge >= 0.3 is 11.9 Å². The normalized spacial score (nSPS) is 12.4. The zero-order valence-electron chi connectivity index (χ0n) is 26.3. The maximum absolute atomic E-state index is 12.4. The Morgan fingerprint density at radius 1 is 0.553 bits per heavy atom. The summed E-state index contributed by atoms with van der Waals surface area (Å²) in [6.45, 7) is 5.59. The minimum atomic E-state index is -0.421. The summed E-state index contributed by atoms with van der Waals surface area (Å²) in [5, 5.41) is 0. The number of quaternary nitrogens is 1. The first-order valence-electron chi connectivity index (χ1n) is 16.4. The van der Waals surface area contributed by atoms with Crippen molar-refractivity contribution in [3.8, 4) is 0 Å². The largest absolute Gasteiger partial charge is 0.466 e. The van der Waals surface area contributed by atoms with Crippen LogP contribution >= 0.6 is 0 Å². The van der Waals surface area contributed by atoms with Crippen molar-refractivity contribution < 1.29 is 23.5 Å². The van der Waals surface area contributed by atoms with Crippen LogP contribution in [0.25, 0.3) is 0 Å². The van der Waals surface area contributed by atoms with Gasteiger partial charge in [0.1, 0.15) is 6.54 Å². The molecule has 0 aliphatic heterocycles. The van der Waals surface area contributed by atoms with Crippen LogP contribution in [-0.2, 0) is 19.1 Å². The van der Waals surface area contributed by atoms with E-state index >= 15 is 0 Å². The molecule has 0 unspecified atom stereocenters. The maximum atomic E-state index is 12.4. The highest BCUT2D eigenvalue weighted by atomic mass is 16.6. The summed E-state index contributed by atoms with van der Waals surface area (Å²) in [5.74, 6) is -0.427. The first-order chi connectivity index (χ1) is 18.3. The topological polar surface area (TPSA) is 52.6 Å². The van der Waals surface area contributed by atoms with Crippen LogP contribution in [0.15, 0.2) is 0 Å². The van der Waals surface area contributed by atoms with E-state index in [9.17, 15) is 9.59 Å². The molecule has 38 heavy (non-hydrogen) atoms. The minimum Gasteiger partial charge on any atom is -0.466 e. The predicted octanol–water partition coefficient (Wildman–Crippen LogP) is 9.16. The fourth-order valence-electron chi connectivity index (χ4n) is 4.95. The van der Waals surface area contributed by atoms with Crippen LogP contribution in [-0.4, -0.2) is 56.8 Å². The summed E-state index contributed by atoms with van der Waals surface area (Å²) >= 11 is 0. The van der Waals surface area contributed by atoms with Crippen LogP contribution in [0.5, 0.6) is 0 Å². The van der Waals surface area contributed by atoms with Crippen molar-refractivity contribution in [1.29, 1.82) is 0 Å². The Labute approximate surface area is 237 Å². The highest BCUT2D eigenvalue weighted by molar-refractivity contribution is 5.72. The lowest BCUT2D eigenvalue weighted by atomic mass is 10.1. The van der Waals surface area contributed by atoms with Gasteiger partial charge in [-0.25, -0.2) is 0 Å². The second kappa shape index (κ2) is 26.1. The number of unbranched alkanes of at least 4 members (excludes halogenated alkanes) is 19. The monoisotopic (exact) mass is 540 g/mol. The van der Waals surface area contributed by atoms with Crippen LogP contribution in [0, 0.1) is 0 Å². The molecule has 0 aliphatic rings. The summed E-state index contributed by atoms with van der Waals surface area (Å²) in [7, 11) is 6.17. The Bertz CT molecular complexity index is 544. The van der Waals surface area contributed by atoms with Crippen molar-refractivity contribution >= 4 is 11.9 Å². The third kappa shape index (κ3) is 27.9. The van der Waals surface area contributed by atoms with Gasteiger partial charge < -0.3 is 14.0 Å². The standard InChI is InChI=1S/C33H66NO4/c1-6-8-10-12-14-16-18-20-22-24-26-28-37-33(36)29-31(30-34(3,4)5)38-32(35)27-25-23-21-19-17-15-13-11-9-7-2/h31H,6-30H2,1-5H3/q+1/t31-/m1/s1. The van der Waals surface area contributed by atoms with Crippen LogP contribution in [0.3, 0.4) is 0 Å². The molecule has 0 amide bonds. The van der Waals surface area contributed by atoms with E-state index in [1.54, 1.807) is 0 Å². The van der Waals surface area contributed by atoms with E-state index in [4.69, 9.17) is 9.47 Å². The molecule has 5 nitrogen and oxygen atoms in total. The number of nitrogens with zero attached hydrogens (tertiary/aromatic N) is 1. The first-order valence-corrected chi connectivity index (χ1v) is 16.4. The highest BCUT2D eigenvalue weighted by Crippen LogP contribution is 2.14. The van der Waals surface area contributed by atoms with E-state index in [1.807, 2.05) is 0 Å². The van der Waals surface area contributed by atoms with Crippen molar-refractivity contribution in [3.05, 3.63) is 0 Å². The van der Waals surface area contributed by atoms with Gasteiger partial charge in [-0.15, -0.1) is 0 Å². The van der Waals surface area contributed by atoms with Crippen molar-refractivity contribution in [3.63, 3.8) is 0 Å². The van der Waals surface area contributed by atoms with Gasteiger partial charge in [0.25, 0.3) is 0 Å². The molecule has 0 spiro atoms. The number of hydrogen-bond donors (Lipinski definition) is 0. The molecule has 5 heteroatoms. The van der Waals surface area contributed by atoms with Crippen molar-refractivity contribution in [2.75, 3.05) is 34.3 Å². The number of likely N-dealkylation sites (N-methyl/N-ethyl adjacent to an activating group) is 1. The third-order valence-corrected chi connectivity index (χ3v) is 7.19. The molecule has 0 bridgehead atoms. The molecule has 0 aromatic heterocycles. The molecular formula is C33H66NO4+. The molecule has 0 fully saturated rings. The minimum absolute atomic E-state index is 0.150. The molecule has 0 aromatic carbocycles. The molecule has 0 aromatic rings. The Kier molecular flexibility index (Phi) is 25.4. The zero-order valence-corrected chi connectivity index (χ0v) is 26.3. The molecular weight excluding hydrogens is 474 g/mol. The molecule has 0 saturated carbocycles. The van der Waals surface area contributed by atoms with Crippen molar-refractivity contribution in [2.45, 2.75) is 168 Å². The van der Waals surface area contributed by atoms with E-state index in [0.29, 0.717) is 24.1 Å². The average Bonchev–Trinajstić information content (AvgIpc) is 2.84. The Morgan fingerprint density at radius 2 is 0.947 bits per heavy atom. The van der Waals surface area contributed by atoms with E-state index in [2.05, 4.69) is 35.0 Å². The number of rotatable bonds is 28. The quantitative estimate of drug-likeness (QED) is 0.0564. The molecule has 1 atom stereocenters. The van der Waals surface area contributed by atoms with Gasteiger partial charge in [-0.3, -0.25) is 9.59 Å². The van der Waals surface area contributed by atoms with Crippen LogP contribution in [0.2, 0.25) is 0 Å². The maximum Gasteiger partial charge on any atom is 0.309 e. The summed E-state index contributed by atoms with van der Waals surface area (Å²) in [6, 6.07) is 0. The van der Waals surface area contributed by atoms with Gasteiger partial charge in [0.05, 0.1) is 34.2 Å². The highest BCUT2D eigenvalue weighted by Gasteiger charge is 2.25. The summed E-state index contributed by atoms with van der Waals surface area (Å²) in [4.78, 5) is 24.9. The fourth-order valence-corrected chi connectivity index (χ4v) is 4.95. The predicted molar refractivity (Wildman–Crippen MR) is 161 cm³/mol. The average molecular weight is 541 g/mol. The van der Waals surface area contributed by atoms with Gasteiger partial charge in [-0.1, -0.05) is 136 Å². The SMILES string of the molecule is CCCCCCCCCCCCCOC(=O)C[C@H](C[N+](C)(C)C)OC(=O)CCCCCCCCCCCC. The Morgan fingerprint density at radius 3 is 1.37 bits per heavy atom. The lowest BCUT2D eigenvalue weighted by Gasteiger charge is -2.28. The number of carbonyl (C=O) groups is 2. The molecule has 0 aliphatic carbocycles. The molecule has 0 saturated heterocycles. The molecule has 0 rings (SSSR count). The van der Waals surface area contributed by atoms with Crippen molar-refractivity contribution in [1.82, 2.24) is 0 Å². The van der Waals surface area contributed by atoms with Gasteiger partial charge in [-0.05, 0) is 12.8 Å². The summed E-state index contributed by atoms with van der Waals surface area (Å²) in [5.41, 5.74) is 0. The lowest BCUT2D eigenvalue weighted by molar-refractivity contribution is -0.873. The van der Waals surface area contributed by atoms with Crippen molar-refractivity contribution in [2.24, 2.45) is 0 Å². The molecule has 0 radical (unpaired) electrons. The Balaban J connectivity index is 3.95. The summed E-state index contributed by atoms with van der Waals surface area (Å²) < 4.78 is 11.9. The second-order valence-electron chi connectivity index (χ2n) is 12.5. The summed E-state index contributed by atoms with van der Waals surface area (Å²) in [6.07, 6.45) is 26.6. The zero-order chi connectivity index (χ0) is 28.3. The molecule has 0 N–H and O–H groups in total. The third-order valence-electron chi connectivity index (χ3n) is 7.19. The van der Waals surface area contributed by atoms with E-state index in [1.165, 1.54) is 109 Å². The molecule has 226 valence electrons. The van der Waals surface area contributed by atoms with Crippen LogP contribution < -0.4 is 0 Å². The first kappa shape index (κ1) is 36.9.